The van der Waals surface area contributed by atoms with Crippen LogP contribution >= 0.6 is 0 Å². The monoisotopic (exact) mass is 339 g/mol. The van der Waals surface area contributed by atoms with Crippen LogP contribution in [-0.2, 0) is 12.8 Å². The molecular weight excluding hydrogens is 318 g/mol. The fourth-order valence-corrected chi connectivity index (χ4v) is 3.40. The Labute approximate surface area is 153 Å². The van der Waals surface area contributed by atoms with Gasteiger partial charge in [0, 0.05) is 29.1 Å². The van der Waals surface area contributed by atoms with E-state index in [2.05, 4.69) is 48.3 Å². The topological polar surface area (TPSA) is 32.9 Å². The number of fused-ring (bicyclic) bond motifs is 1. The van der Waals surface area contributed by atoms with Crippen molar-refractivity contribution >= 4 is 16.7 Å². The zero-order chi connectivity index (χ0) is 17.9. The number of benzene rings is 3. The molecule has 0 bridgehead atoms. The van der Waals surface area contributed by atoms with Crippen LogP contribution in [0.1, 0.15) is 28.4 Å². The van der Waals surface area contributed by atoms with E-state index in [0.717, 1.165) is 28.6 Å². The number of carbonyl (C=O) groups is 1. The van der Waals surface area contributed by atoms with Crippen LogP contribution in [0.3, 0.4) is 0 Å². The Morgan fingerprint density at radius 2 is 1.69 bits per heavy atom. The fourth-order valence-electron chi connectivity index (χ4n) is 3.40. The zero-order valence-electron chi connectivity index (χ0n) is 14.8. The summed E-state index contributed by atoms with van der Waals surface area (Å²) in [6.07, 6.45) is 3.37. The molecule has 0 saturated heterocycles. The van der Waals surface area contributed by atoms with Crippen molar-refractivity contribution in [3.8, 4) is 11.1 Å². The van der Waals surface area contributed by atoms with Crippen LogP contribution in [0.2, 0.25) is 0 Å². The standard InChI is InChI=1S/C24H21NO/c1-2-17-9-11-19(12-10-17)24(26)16-18-5-3-6-20(15-18)21-7-4-8-23-22(21)13-14-25-23/h3-15,25H,2,16H2,1H3. The third kappa shape index (κ3) is 3.18. The maximum Gasteiger partial charge on any atom is 0.167 e. The van der Waals surface area contributed by atoms with E-state index in [9.17, 15) is 4.79 Å². The molecule has 0 aliphatic rings. The Balaban J connectivity index is 1.61. The first-order chi connectivity index (χ1) is 12.7. The van der Waals surface area contributed by atoms with Gasteiger partial charge in [-0.25, -0.2) is 0 Å². The number of hydrogen-bond acceptors (Lipinski definition) is 1. The second-order valence-electron chi connectivity index (χ2n) is 6.60. The van der Waals surface area contributed by atoms with Crippen molar-refractivity contribution in [1.29, 1.82) is 0 Å². The normalized spacial score (nSPS) is 11.0. The Bertz CT molecular complexity index is 1060. The number of ketones is 1. The van der Waals surface area contributed by atoms with E-state index >= 15 is 0 Å². The number of carbonyl (C=O) groups excluding carboxylic acids is 1. The third-order valence-corrected chi connectivity index (χ3v) is 4.88. The minimum Gasteiger partial charge on any atom is -0.361 e. The second kappa shape index (κ2) is 7.01. The van der Waals surface area contributed by atoms with Crippen LogP contribution in [0.25, 0.3) is 22.0 Å². The van der Waals surface area contributed by atoms with Gasteiger partial charge in [0.2, 0.25) is 0 Å². The molecule has 0 aliphatic heterocycles. The SMILES string of the molecule is CCc1ccc(C(=O)Cc2cccc(-c3cccc4[nH]ccc34)c2)cc1. The van der Waals surface area contributed by atoms with Crippen LogP contribution in [-0.4, -0.2) is 10.8 Å². The number of aromatic amines is 1. The molecule has 0 saturated carbocycles. The van der Waals surface area contributed by atoms with E-state index in [1.807, 2.05) is 42.6 Å². The Hall–Kier alpha value is -3.13. The molecule has 1 N–H and O–H groups in total. The highest BCUT2D eigenvalue weighted by atomic mass is 16.1. The molecule has 1 heterocycles. The first-order valence-corrected chi connectivity index (χ1v) is 9.02. The summed E-state index contributed by atoms with van der Waals surface area (Å²) >= 11 is 0. The number of aryl methyl sites for hydroxylation is 1. The lowest BCUT2D eigenvalue weighted by atomic mass is 9.96. The number of Topliss-reactive ketones (excluding diaryl/α,β-unsaturated/α-hetero) is 1. The van der Waals surface area contributed by atoms with E-state index in [-0.39, 0.29) is 5.78 Å². The van der Waals surface area contributed by atoms with Gasteiger partial charge in [-0.2, -0.15) is 0 Å². The summed E-state index contributed by atoms with van der Waals surface area (Å²) in [6, 6.07) is 24.6. The maximum atomic E-state index is 12.6. The summed E-state index contributed by atoms with van der Waals surface area (Å²) in [4.78, 5) is 15.9. The van der Waals surface area contributed by atoms with Crippen LogP contribution < -0.4 is 0 Å². The molecule has 1 aromatic heterocycles. The second-order valence-corrected chi connectivity index (χ2v) is 6.60. The smallest absolute Gasteiger partial charge is 0.167 e. The van der Waals surface area contributed by atoms with E-state index in [1.165, 1.54) is 16.5 Å². The molecule has 0 aliphatic carbocycles. The first kappa shape index (κ1) is 16.3. The molecular formula is C24H21NO. The minimum absolute atomic E-state index is 0.157. The lowest BCUT2D eigenvalue weighted by molar-refractivity contribution is 0.0993. The lowest BCUT2D eigenvalue weighted by Crippen LogP contribution is -2.03. The Kier molecular flexibility index (Phi) is 4.40. The molecule has 0 amide bonds. The Morgan fingerprint density at radius 3 is 2.50 bits per heavy atom. The predicted octanol–water partition coefficient (Wildman–Crippen LogP) is 5.82. The van der Waals surface area contributed by atoms with E-state index in [1.54, 1.807) is 0 Å². The van der Waals surface area contributed by atoms with Crippen molar-refractivity contribution < 1.29 is 4.79 Å². The molecule has 4 rings (SSSR count). The summed E-state index contributed by atoms with van der Waals surface area (Å²) in [7, 11) is 0. The van der Waals surface area contributed by atoms with Crippen molar-refractivity contribution in [2.75, 3.05) is 0 Å². The molecule has 0 atom stereocenters. The van der Waals surface area contributed by atoms with Gasteiger partial charge in [-0.1, -0.05) is 67.6 Å². The molecule has 0 unspecified atom stereocenters. The van der Waals surface area contributed by atoms with Gasteiger partial charge in [0.25, 0.3) is 0 Å². The van der Waals surface area contributed by atoms with Gasteiger partial charge in [0.1, 0.15) is 0 Å². The van der Waals surface area contributed by atoms with Crippen LogP contribution in [0.5, 0.6) is 0 Å². The highest BCUT2D eigenvalue weighted by Gasteiger charge is 2.09. The van der Waals surface area contributed by atoms with Crippen LogP contribution in [0.4, 0.5) is 0 Å². The molecule has 3 aromatic carbocycles. The number of nitrogens with one attached hydrogen (secondary N) is 1. The fraction of sp³-hybridized carbons (Fsp3) is 0.125. The number of hydrogen-bond donors (Lipinski definition) is 1. The van der Waals surface area contributed by atoms with Crippen molar-refractivity contribution in [1.82, 2.24) is 4.98 Å². The summed E-state index contributed by atoms with van der Waals surface area (Å²) in [6.45, 7) is 2.12. The summed E-state index contributed by atoms with van der Waals surface area (Å²) in [5.41, 5.74) is 6.52. The zero-order valence-corrected chi connectivity index (χ0v) is 14.8. The van der Waals surface area contributed by atoms with Crippen LogP contribution in [0, 0.1) is 0 Å². The van der Waals surface area contributed by atoms with Gasteiger partial charge < -0.3 is 4.98 Å². The van der Waals surface area contributed by atoms with Gasteiger partial charge >= 0.3 is 0 Å². The molecule has 128 valence electrons. The molecule has 0 spiro atoms. The van der Waals surface area contributed by atoms with Gasteiger partial charge in [0.15, 0.2) is 5.78 Å². The molecule has 26 heavy (non-hydrogen) atoms. The summed E-state index contributed by atoms with van der Waals surface area (Å²) in [5.74, 6) is 0.157. The third-order valence-electron chi connectivity index (χ3n) is 4.88. The van der Waals surface area contributed by atoms with Gasteiger partial charge in [-0.3, -0.25) is 4.79 Å². The molecule has 2 heteroatoms. The lowest BCUT2D eigenvalue weighted by Gasteiger charge is -2.07. The van der Waals surface area contributed by atoms with E-state index < -0.39 is 0 Å². The van der Waals surface area contributed by atoms with Crippen molar-refractivity contribution in [3.63, 3.8) is 0 Å². The highest BCUT2D eigenvalue weighted by Crippen LogP contribution is 2.28. The number of rotatable bonds is 5. The maximum absolute atomic E-state index is 12.6. The number of H-pyrrole nitrogens is 1. The average Bonchev–Trinajstić information content (AvgIpc) is 3.17. The molecule has 0 radical (unpaired) electrons. The van der Waals surface area contributed by atoms with E-state index in [4.69, 9.17) is 0 Å². The van der Waals surface area contributed by atoms with Crippen molar-refractivity contribution in [3.05, 3.63) is 95.7 Å². The summed E-state index contributed by atoms with van der Waals surface area (Å²) in [5, 5.41) is 1.20. The van der Waals surface area contributed by atoms with Gasteiger partial charge in [-0.05, 0) is 40.8 Å². The predicted molar refractivity (Wildman–Crippen MR) is 108 cm³/mol. The first-order valence-electron chi connectivity index (χ1n) is 9.02. The van der Waals surface area contributed by atoms with Crippen LogP contribution in [0.15, 0.2) is 79.0 Å². The number of aromatic nitrogens is 1. The molecule has 0 fully saturated rings. The Morgan fingerprint density at radius 1 is 0.885 bits per heavy atom. The molecule has 4 aromatic rings. The summed E-state index contributed by atoms with van der Waals surface area (Å²) < 4.78 is 0. The highest BCUT2D eigenvalue weighted by molar-refractivity contribution is 5.98. The average molecular weight is 339 g/mol. The van der Waals surface area contributed by atoms with Gasteiger partial charge in [0.05, 0.1) is 0 Å². The largest absolute Gasteiger partial charge is 0.361 e. The van der Waals surface area contributed by atoms with Gasteiger partial charge in [-0.15, -0.1) is 0 Å². The minimum atomic E-state index is 0.157. The van der Waals surface area contributed by atoms with E-state index in [0.29, 0.717) is 6.42 Å². The quantitative estimate of drug-likeness (QED) is 0.456. The van der Waals surface area contributed by atoms with Crippen molar-refractivity contribution in [2.24, 2.45) is 0 Å². The molecule has 2 nitrogen and oxygen atoms in total. The van der Waals surface area contributed by atoms with Crippen molar-refractivity contribution in [2.45, 2.75) is 19.8 Å².